The van der Waals surface area contributed by atoms with Crippen molar-refractivity contribution < 1.29 is 36.9 Å². The van der Waals surface area contributed by atoms with Crippen molar-refractivity contribution in [3.63, 3.8) is 0 Å². The monoisotopic (exact) mass is 438 g/mol. The van der Waals surface area contributed by atoms with Crippen LogP contribution in [0.5, 0.6) is 11.5 Å². The van der Waals surface area contributed by atoms with Crippen LogP contribution in [0.1, 0.15) is 28.4 Å². The van der Waals surface area contributed by atoms with Gasteiger partial charge >= 0.3 is 6.18 Å². The predicted octanol–water partition coefficient (Wildman–Crippen LogP) is 3.77. The van der Waals surface area contributed by atoms with Crippen molar-refractivity contribution >= 4 is 11.9 Å². The molecule has 0 aromatic heterocycles. The van der Waals surface area contributed by atoms with E-state index in [0.717, 1.165) is 29.8 Å². The molecule has 0 fully saturated rings. The van der Waals surface area contributed by atoms with E-state index in [-0.39, 0.29) is 38.1 Å². The topological polar surface area (TPSA) is 78.4 Å². The molecule has 0 unspecified atom stereocenters. The molecule has 3 rings (SSSR count). The van der Waals surface area contributed by atoms with E-state index < -0.39 is 17.6 Å². The Bertz CT molecular complexity index is 930. The largest absolute Gasteiger partial charge is 0.463 e. The second kappa shape index (κ2) is 10.2. The second-order valence-electron chi connectivity index (χ2n) is 6.38. The highest BCUT2D eigenvalue weighted by Gasteiger charge is 2.30. The van der Waals surface area contributed by atoms with Crippen molar-refractivity contribution in [3.05, 3.63) is 59.2 Å². The number of aliphatic imine (C=N–C) groups is 1. The average molecular weight is 438 g/mol. The van der Waals surface area contributed by atoms with Crippen LogP contribution in [0, 0.1) is 0 Å². The maximum absolute atomic E-state index is 12.7. The minimum absolute atomic E-state index is 0.0391. The number of nitrogens with one attached hydrogen (secondary N) is 1. The van der Waals surface area contributed by atoms with Crippen molar-refractivity contribution in [2.75, 3.05) is 26.6 Å². The van der Waals surface area contributed by atoms with Gasteiger partial charge in [0, 0.05) is 12.2 Å². The Morgan fingerprint density at radius 3 is 2.55 bits per heavy atom. The number of hydrogen-bond acceptors (Lipinski definition) is 6. The number of rotatable bonds is 7. The number of carbonyl (C=O) groups is 1. The van der Waals surface area contributed by atoms with Gasteiger partial charge in [0.1, 0.15) is 6.61 Å². The molecule has 0 aliphatic carbocycles. The maximum atomic E-state index is 12.7. The standard InChI is InChI=1S/C21H21F3N2O5/c1-2-28-9-10-29-20(25-12-14-3-8-17-18(11-14)31-13-30-17)26-19(27)15-4-6-16(7-5-15)21(22,23)24/h3-8,11H,2,9-10,12-13H2,1H3,(H,25,26,27). The molecule has 1 amide bonds. The first-order valence-corrected chi connectivity index (χ1v) is 9.49. The van der Waals surface area contributed by atoms with Crippen LogP contribution >= 0.6 is 0 Å². The van der Waals surface area contributed by atoms with Gasteiger partial charge in [0.05, 0.1) is 18.7 Å². The van der Waals surface area contributed by atoms with Gasteiger partial charge in [-0.1, -0.05) is 6.07 Å². The summed E-state index contributed by atoms with van der Waals surface area (Å²) in [5.41, 5.74) is -0.00941. The number of nitrogens with zero attached hydrogens (tertiary/aromatic N) is 1. The molecular formula is C21H21F3N2O5. The number of halogens is 3. The van der Waals surface area contributed by atoms with Crippen LogP contribution in [-0.2, 0) is 22.2 Å². The summed E-state index contributed by atoms with van der Waals surface area (Å²) < 4.78 is 59.4. The molecule has 7 nitrogen and oxygen atoms in total. The van der Waals surface area contributed by atoms with Crippen molar-refractivity contribution in [1.29, 1.82) is 0 Å². The van der Waals surface area contributed by atoms with Crippen molar-refractivity contribution in [1.82, 2.24) is 5.32 Å². The van der Waals surface area contributed by atoms with E-state index in [9.17, 15) is 18.0 Å². The van der Waals surface area contributed by atoms with Gasteiger partial charge in [0.25, 0.3) is 11.9 Å². The quantitative estimate of drug-likeness (QED) is 0.405. The summed E-state index contributed by atoms with van der Waals surface area (Å²) in [6.45, 7) is 3.09. The van der Waals surface area contributed by atoms with Crippen LogP contribution < -0.4 is 14.8 Å². The van der Waals surface area contributed by atoms with E-state index in [0.29, 0.717) is 18.1 Å². The lowest BCUT2D eigenvalue weighted by molar-refractivity contribution is -0.137. The second-order valence-corrected chi connectivity index (χ2v) is 6.38. The molecule has 1 aliphatic heterocycles. The Labute approximate surface area is 176 Å². The Morgan fingerprint density at radius 1 is 1.10 bits per heavy atom. The molecule has 1 heterocycles. The summed E-state index contributed by atoms with van der Waals surface area (Å²) in [7, 11) is 0. The van der Waals surface area contributed by atoms with Crippen LogP contribution in [0.25, 0.3) is 0 Å². The zero-order valence-corrected chi connectivity index (χ0v) is 16.7. The molecule has 1 N–H and O–H groups in total. The van der Waals surface area contributed by atoms with Crippen molar-refractivity contribution in [3.8, 4) is 11.5 Å². The average Bonchev–Trinajstić information content (AvgIpc) is 3.22. The number of hydrogen-bond donors (Lipinski definition) is 1. The molecule has 166 valence electrons. The normalized spacial score (nSPS) is 13.2. The molecular weight excluding hydrogens is 417 g/mol. The summed E-state index contributed by atoms with van der Waals surface area (Å²) in [6, 6.07) is 9.11. The molecule has 1 aliphatic rings. The SMILES string of the molecule is CCOCCOC(=NCc1ccc2c(c1)OCO2)NC(=O)c1ccc(C(F)(F)F)cc1. The number of carbonyl (C=O) groups excluding carboxylic acids is 1. The number of amidine groups is 1. The zero-order valence-electron chi connectivity index (χ0n) is 16.7. The van der Waals surface area contributed by atoms with E-state index in [1.54, 1.807) is 18.2 Å². The highest BCUT2D eigenvalue weighted by Crippen LogP contribution is 2.32. The molecule has 0 bridgehead atoms. The minimum Gasteiger partial charge on any atom is -0.463 e. The third-order valence-corrected chi connectivity index (χ3v) is 4.21. The van der Waals surface area contributed by atoms with E-state index in [1.165, 1.54) is 0 Å². The maximum Gasteiger partial charge on any atom is 0.416 e. The summed E-state index contributed by atoms with van der Waals surface area (Å²) in [6.07, 6.45) is -4.48. The van der Waals surface area contributed by atoms with E-state index in [1.807, 2.05) is 6.92 Å². The molecule has 0 radical (unpaired) electrons. The summed E-state index contributed by atoms with van der Waals surface area (Å²) >= 11 is 0. The lowest BCUT2D eigenvalue weighted by Crippen LogP contribution is -2.33. The van der Waals surface area contributed by atoms with E-state index in [4.69, 9.17) is 18.9 Å². The van der Waals surface area contributed by atoms with Crippen LogP contribution in [0.15, 0.2) is 47.5 Å². The van der Waals surface area contributed by atoms with E-state index in [2.05, 4.69) is 10.3 Å². The highest BCUT2D eigenvalue weighted by molar-refractivity contribution is 6.04. The third kappa shape index (κ3) is 6.35. The van der Waals surface area contributed by atoms with Gasteiger partial charge in [-0.15, -0.1) is 0 Å². The molecule has 10 heteroatoms. The first kappa shape index (κ1) is 22.4. The molecule has 0 saturated carbocycles. The lowest BCUT2D eigenvalue weighted by atomic mass is 10.1. The molecule has 2 aromatic rings. The van der Waals surface area contributed by atoms with Crippen LogP contribution in [0.3, 0.4) is 0 Å². The number of amides is 1. The summed E-state index contributed by atoms with van der Waals surface area (Å²) in [5, 5.41) is 2.49. The van der Waals surface area contributed by atoms with Gasteiger partial charge in [0.15, 0.2) is 11.5 Å². The summed E-state index contributed by atoms with van der Waals surface area (Å²) in [4.78, 5) is 16.7. The first-order chi connectivity index (χ1) is 14.9. The molecule has 0 saturated heterocycles. The van der Waals surface area contributed by atoms with Gasteiger partial charge in [-0.05, 0) is 48.9 Å². The molecule has 0 spiro atoms. The number of benzene rings is 2. The molecule has 0 atom stereocenters. The third-order valence-electron chi connectivity index (χ3n) is 4.21. The van der Waals surface area contributed by atoms with Crippen molar-refractivity contribution in [2.45, 2.75) is 19.6 Å². The van der Waals surface area contributed by atoms with Gasteiger partial charge in [0.2, 0.25) is 6.79 Å². The smallest absolute Gasteiger partial charge is 0.416 e. The van der Waals surface area contributed by atoms with Gasteiger partial charge in [-0.2, -0.15) is 13.2 Å². The van der Waals surface area contributed by atoms with Gasteiger partial charge < -0.3 is 18.9 Å². The Hall–Kier alpha value is -3.27. The van der Waals surface area contributed by atoms with E-state index >= 15 is 0 Å². The number of fused-ring (bicyclic) bond motifs is 1. The molecule has 2 aromatic carbocycles. The summed E-state index contributed by atoms with van der Waals surface area (Å²) in [5.74, 6) is 0.589. The fraction of sp³-hybridized carbons (Fsp3) is 0.333. The van der Waals surface area contributed by atoms with Crippen LogP contribution in [-0.4, -0.2) is 38.5 Å². The minimum atomic E-state index is -4.48. The van der Waals surface area contributed by atoms with Crippen LogP contribution in [0.2, 0.25) is 0 Å². The number of ether oxygens (including phenoxy) is 4. The fourth-order valence-corrected chi connectivity index (χ4v) is 2.65. The first-order valence-electron chi connectivity index (χ1n) is 9.49. The highest BCUT2D eigenvalue weighted by atomic mass is 19.4. The fourth-order valence-electron chi connectivity index (χ4n) is 2.65. The Morgan fingerprint density at radius 2 is 1.84 bits per heavy atom. The lowest BCUT2D eigenvalue weighted by Gasteiger charge is -2.12. The van der Waals surface area contributed by atoms with Crippen molar-refractivity contribution in [2.24, 2.45) is 4.99 Å². The van der Waals surface area contributed by atoms with Crippen LogP contribution in [0.4, 0.5) is 13.2 Å². The Balaban J connectivity index is 1.68. The van der Waals surface area contributed by atoms with Gasteiger partial charge in [-0.25, -0.2) is 4.99 Å². The predicted molar refractivity (Wildman–Crippen MR) is 105 cm³/mol. The zero-order chi connectivity index (χ0) is 22.3. The molecule has 31 heavy (non-hydrogen) atoms. The number of alkyl halides is 3. The Kier molecular flexibility index (Phi) is 7.35. The van der Waals surface area contributed by atoms with Gasteiger partial charge in [-0.3, -0.25) is 10.1 Å².